The molecule has 274 valence electrons. The van der Waals surface area contributed by atoms with Crippen LogP contribution in [0.4, 0.5) is 13.2 Å². The molecule has 0 aliphatic heterocycles. The van der Waals surface area contributed by atoms with E-state index in [0.717, 1.165) is 16.3 Å². The largest absolute Gasteiger partial charge is 0.490 e. The minimum absolute atomic E-state index is 0.0288. The van der Waals surface area contributed by atoms with Gasteiger partial charge in [-0.05, 0) is 41.2 Å². The number of carbonyl (C=O) groups is 5. The van der Waals surface area contributed by atoms with Crippen LogP contribution in [0.15, 0.2) is 66.7 Å². The second-order valence-electron chi connectivity index (χ2n) is 11.2. The highest BCUT2D eigenvalue weighted by Crippen LogP contribution is 2.18. The van der Waals surface area contributed by atoms with Crippen molar-refractivity contribution in [3.63, 3.8) is 0 Å². The van der Waals surface area contributed by atoms with Crippen LogP contribution in [0.2, 0.25) is 0 Å². The molecule has 0 fully saturated rings. The molecular weight excluding hydrogens is 675 g/mol. The van der Waals surface area contributed by atoms with Gasteiger partial charge in [0.05, 0.1) is 0 Å². The predicted molar refractivity (Wildman–Crippen MR) is 182 cm³/mol. The van der Waals surface area contributed by atoms with E-state index in [4.69, 9.17) is 37.9 Å². The fourth-order valence-corrected chi connectivity index (χ4v) is 4.70. The third-order valence-corrected chi connectivity index (χ3v) is 7.36. The number of amides is 4. The maximum atomic E-state index is 13.6. The minimum Gasteiger partial charge on any atom is -0.475 e. The molecule has 0 aromatic heterocycles. The second-order valence-corrected chi connectivity index (χ2v) is 11.2. The number of carbonyl (C=O) groups excluding carboxylic acids is 4. The molecule has 0 heterocycles. The van der Waals surface area contributed by atoms with E-state index < -0.39 is 53.8 Å². The zero-order valence-electron chi connectivity index (χ0n) is 27.5. The quantitative estimate of drug-likeness (QED) is 0.0456. The summed E-state index contributed by atoms with van der Waals surface area (Å²) in [6.45, 7) is 0.299. The Bertz CT molecular complexity index is 1730. The predicted octanol–water partition coefficient (Wildman–Crippen LogP) is 0.623. The average molecular weight is 716 g/mol. The standard InChI is InChI=1S/C31H39N9O4.C2HF3O2/c1-37-28(42)23(16-18-8-12-21(13-9-18)26(32)33)29(43)40-25(17-19-10-11-20-5-2-3-6-22(20)15-19)30(44)39-24(27(34)41)7-4-14-38-31(35)36;3-2(4,5)1(6)7/h2-3,5-6,8-13,15,23-25H,4,7,14,16-17H2,1H3,(H3,32,33)(H2,34,41)(H,37,42)(H,39,44)(H,40,43)(H4,35,36,38);(H,6,7)/t23?,24-,25-;/m0./s1. The summed E-state index contributed by atoms with van der Waals surface area (Å²) in [6, 6.07) is 17.8. The molecule has 4 amide bonds. The Kier molecular flexibility index (Phi) is 15.4. The fourth-order valence-electron chi connectivity index (χ4n) is 4.70. The van der Waals surface area contributed by atoms with Crippen LogP contribution in [-0.2, 0) is 36.8 Å². The summed E-state index contributed by atoms with van der Waals surface area (Å²) in [5.74, 6) is -6.89. The molecule has 51 heavy (non-hydrogen) atoms. The molecule has 0 saturated heterocycles. The SMILES string of the molecule is CNC(=O)C(Cc1ccc(C(=N)N)cc1)C(=O)N[C@@H](Cc1ccc2ccccc2c1)C(=O)N[C@@H](CCCNC(=N)N)C(N)=O.O=C(O)C(F)(F)F. The van der Waals surface area contributed by atoms with Crippen LogP contribution >= 0.6 is 0 Å². The number of guanidine groups is 1. The van der Waals surface area contributed by atoms with Crippen molar-refractivity contribution >= 4 is 52.2 Å². The number of nitrogen functional groups attached to an aromatic ring is 1. The molecule has 1 unspecified atom stereocenters. The van der Waals surface area contributed by atoms with Gasteiger partial charge in [-0.25, -0.2) is 4.79 Å². The number of aliphatic carboxylic acids is 1. The number of amidine groups is 1. The number of hydrogen-bond donors (Lipinski definition) is 10. The Morgan fingerprint density at radius 2 is 1.35 bits per heavy atom. The van der Waals surface area contributed by atoms with E-state index in [1.807, 2.05) is 42.5 Å². The third kappa shape index (κ3) is 13.7. The zero-order chi connectivity index (χ0) is 38.3. The van der Waals surface area contributed by atoms with E-state index in [1.54, 1.807) is 24.3 Å². The molecule has 0 radical (unpaired) electrons. The van der Waals surface area contributed by atoms with Crippen LogP contribution in [0, 0.1) is 16.7 Å². The lowest BCUT2D eigenvalue weighted by Crippen LogP contribution is -2.55. The number of hydrogen-bond acceptors (Lipinski definition) is 7. The lowest BCUT2D eigenvalue weighted by Gasteiger charge is -2.24. The molecule has 13 N–H and O–H groups in total. The molecule has 18 heteroatoms. The summed E-state index contributed by atoms with van der Waals surface area (Å²) in [4.78, 5) is 61.1. The Balaban J connectivity index is 0.00000116. The molecule has 0 aliphatic rings. The number of nitrogens with one attached hydrogen (secondary N) is 6. The van der Waals surface area contributed by atoms with Crippen molar-refractivity contribution in [1.82, 2.24) is 21.3 Å². The number of primary amides is 1. The lowest BCUT2D eigenvalue weighted by molar-refractivity contribution is -0.192. The van der Waals surface area contributed by atoms with Crippen molar-refractivity contribution in [1.29, 1.82) is 10.8 Å². The maximum absolute atomic E-state index is 13.6. The minimum atomic E-state index is -5.08. The Morgan fingerprint density at radius 1 is 0.784 bits per heavy atom. The number of alkyl halides is 3. The first-order chi connectivity index (χ1) is 23.9. The number of rotatable bonds is 15. The van der Waals surface area contributed by atoms with Crippen LogP contribution < -0.4 is 38.5 Å². The van der Waals surface area contributed by atoms with Gasteiger partial charge in [-0.3, -0.25) is 30.0 Å². The van der Waals surface area contributed by atoms with Gasteiger partial charge in [-0.15, -0.1) is 0 Å². The molecule has 0 aliphatic carbocycles. The summed E-state index contributed by atoms with van der Waals surface area (Å²) in [5.41, 5.74) is 18.3. The Morgan fingerprint density at radius 3 is 1.88 bits per heavy atom. The molecule has 0 spiro atoms. The summed E-state index contributed by atoms with van der Waals surface area (Å²) in [6.07, 6.45) is -4.42. The molecule has 0 saturated carbocycles. The van der Waals surface area contributed by atoms with Crippen LogP contribution in [-0.4, -0.2) is 78.4 Å². The molecule has 15 nitrogen and oxygen atoms in total. The summed E-state index contributed by atoms with van der Waals surface area (Å²) < 4.78 is 31.7. The van der Waals surface area contributed by atoms with E-state index in [1.165, 1.54) is 7.05 Å². The average Bonchev–Trinajstić information content (AvgIpc) is 3.07. The van der Waals surface area contributed by atoms with Crippen molar-refractivity contribution in [2.75, 3.05) is 13.6 Å². The van der Waals surface area contributed by atoms with Crippen molar-refractivity contribution < 1.29 is 42.3 Å². The van der Waals surface area contributed by atoms with Gasteiger partial charge in [0.25, 0.3) is 0 Å². The monoisotopic (exact) mass is 715 g/mol. The van der Waals surface area contributed by atoms with Gasteiger partial charge >= 0.3 is 12.1 Å². The highest BCUT2D eigenvalue weighted by Gasteiger charge is 2.38. The zero-order valence-corrected chi connectivity index (χ0v) is 27.5. The number of benzene rings is 3. The van der Waals surface area contributed by atoms with Crippen LogP contribution in [0.5, 0.6) is 0 Å². The van der Waals surface area contributed by atoms with Crippen molar-refractivity contribution in [2.24, 2.45) is 23.1 Å². The summed E-state index contributed by atoms with van der Waals surface area (Å²) >= 11 is 0. The number of nitrogens with two attached hydrogens (primary N) is 3. The number of fused-ring (bicyclic) bond motifs is 1. The van der Waals surface area contributed by atoms with E-state index >= 15 is 0 Å². The molecule has 3 aromatic carbocycles. The van der Waals surface area contributed by atoms with Gasteiger partial charge < -0.3 is 43.6 Å². The Labute approximate surface area is 290 Å². The van der Waals surface area contributed by atoms with Crippen LogP contribution in [0.1, 0.15) is 29.5 Å². The molecule has 3 atom stereocenters. The highest BCUT2D eigenvalue weighted by molar-refractivity contribution is 6.02. The first-order valence-corrected chi connectivity index (χ1v) is 15.3. The van der Waals surface area contributed by atoms with Gasteiger partial charge in [-0.2, -0.15) is 13.2 Å². The van der Waals surface area contributed by atoms with E-state index in [0.29, 0.717) is 24.1 Å². The topological polar surface area (TPSA) is 279 Å². The van der Waals surface area contributed by atoms with Crippen molar-refractivity contribution in [3.05, 3.63) is 83.4 Å². The normalized spacial score (nSPS) is 12.5. The maximum Gasteiger partial charge on any atom is 0.490 e. The van der Waals surface area contributed by atoms with E-state index in [2.05, 4.69) is 21.3 Å². The van der Waals surface area contributed by atoms with Crippen molar-refractivity contribution in [3.8, 4) is 0 Å². The molecule has 0 bridgehead atoms. The van der Waals surface area contributed by atoms with E-state index in [-0.39, 0.29) is 31.1 Å². The first-order valence-electron chi connectivity index (χ1n) is 15.3. The number of halogens is 3. The van der Waals surface area contributed by atoms with E-state index in [9.17, 15) is 32.3 Å². The van der Waals surface area contributed by atoms with Crippen LogP contribution in [0.3, 0.4) is 0 Å². The summed E-state index contributed by atoms with van der Waals surface area (Å²) in [5, 5.41) is 34.4. The van der Waals surface area contributed by atoms with Gasteiger partial charge in [0.1, 0.15) is 23.8 Å². The Hall–Kier alpha value is -6.20. The lowest BCUT2D eigenvalue weighted by atomic mass is 9.95. The molecule has 3 rings (SSSR count). The van der Waals surface area contributed by atoms with Crippen LogP contribution in [0.25, 0.3) is 10.8 Å². The highest BCUT2D eigenvalue weighted by atomic mass is 19.4. The molecule has 3 aromatic rings. The van der Waals surface area contributed by atoms with Gasteiger partial charge in [-0.1, -0.05) is 66.7 Å². The molecular formula is C33H40F3N9O6. The number of carboxylic acids is 1. The van der Waals surface area contributed by atoms with Gasteiger partial charge in [0.15, 0.2) is 5.96 Å². The van der Waals surface area contributed by atoms with Crippen molar-refractivity contribution in [2.45, 2.75) is 43.9 Å². The first kappa shape index (κ1) is 41.0. The van der Waals surface area contributed by atoms with Gasteiger partial charge in [0, 0.05) is 25.6 Å². The third-order valence-electron chi connectivity index (χ3n) is 7.36. The summed E-state index contributed by atoms with van der Waals surface area (Å²) in [7, 11) is 1.42. The smallest absolute Gasteiger partial charge is 0.475 e. The van der Waals surface area contributed by atoms with Gasteiger partial charge in [0.2, 0.25) is 23.6 Å². The number of carboxylic acid groups (broad SMARTS) is 1. The fraction of sp³-hybridized carbons (Fsp3) is 0.303. The second kappa shape index (κ2) is 19.1.